The van der Waals surface area contributed by atoms with Crippen LogP contribution in [-0.2, 0) is 0 Å². The summed E-state index contributed by atoms with van der Waals surface area (Å²) in [6.07, 6.45) is 1.73. The van der Waals surface area contributed by atoms with Crippen molar-refractivity contribution in [1.29, 1.82) is 5.26 Å². The molecule has 0 saturated carbocycles. The van der Waals surface area contributed by atoms with Crippen molar-refractivity contribution >= 4 is 15.9 Å². The van der Waals surface area contributed by atoms with Crippen LogP contribution in [-0.4, -0.2) is 4.98 Å². The summed E-state index contributed by atoms with van der Waals surface area (Å²) in [6, 6.07) is 12.0. The fourth-order valence-electron chi connectivity index (χ4n) is 1.60. The standard InChI is InChI=1S/C13H9BrN2/c1-9-13(8-15)12(5-6-16-9)10-3-2-4-11(14)7-10/h2-7H,1H3. The van der Waals surface area contributed by atoms with Crippen molar-refractivity contribution in [2.24, 2.45) is 0 Å². The van der Waals surface area contributed by atoms with Gasteiger partial charge in [0.2, 0.25) is 0 Å². The van der Waals surface area contributed by atoms with Crippen LogP contribution in [0.3, 0.4) is 0 Å². The van der Waals surface area contributed by atoms with Gasteiger partial charge in [-0.05, 0) is 30.7 Å². The van der Waals surface area contributed by atoms with E-state index in [-0.39, 0.29) is 0 Å². The van der Waals surface area contributed by atoms with Gasteiger partial charge in [-0.15, -0.1) is 0 Å². The molecule has 1 heterocycles. The monoisotopic (exact) mass is 272 g/mol. The summed E-state index contributed by atoms with van der Waals surface area (Å²) in [5.41, 5.74) is 3.35. The van der Waals surface area contributed by atoms with Gasteiger partial charge in [-0.2, -0.15) is 5.26 Å². The van der Waals surface area contributed by atoms with Gasteiger partial charge in [0.1, 0.15) is 6.07 Å². The van der Waals surface area contributed by atoms with E-state index >= 15 is 0 Å². The molecule has 1 aromatic heterocycles. The highest BCUT2D eigenvalue weighted by atomic mass is 79.9. The molecular formula is C13H9BrN2. The lowest BCUT2D eigenvalue weighted by Crippen LogP contribution is -1.91. The second-order valence-corrected chi connectivity index (χ2v) is 4.36. The van der Waals surface area contributed by atoms with Gasteiger partial charge in [0.15, 0.2) is 0 Å². The number of benzene rings is 1. The molecule has 0 atom stereocenters. The fourth-order valence-corrected chi connectivity index (χ4v) is 2.00. The molecule has 0 aliphatic carbocycles. The lowest BCUT2D eigenvalue weighted by atomic mass is 10.0. The normalized spacial score (nSPS) is 9.81. The molecule has 0 aliphatic rings. The Morgan fingerprint density at radius 2 is 2.12 bits per heavy atom. The molecule has 0 radical (unpaired) electrons. The number of hydrogen-bond donors (Lipinski definition) is 0. The molecule has 0 N–H and O–H groups in total. The highest BCUT2D eigenvalue weighted by molar-refractivity contribution is 9.10. The van der Waals surface area contributed by atoms with E-state index in [1.807, 2.05) is 37.3 Å². The number of halogens is 1. The van der Waals surface area contributed by atoms with Crippen molar-refractivity contribution in [3.05, 3.63) is 52.3 Å². The number of nitrogens with zero attached hydrogens (tertiary/aromatic N) is 2. The third-order valence-electron chi connectivity index (χ3n) is 2.39. The second kappa shape index (κ2) is 4.46. The largest absolute Gasteiger partial charge is 0.260 e. The zero-order chi connectivity index (χ0) is 11.5. The Hall–Kier alpha value is -1.66. The van der Waals surface area contributed by atoms with Crippen molar-refractivity contribution in [3.8, 4) is 17.2 Å². The first-order chi connectivity index (χ1) is 7.72. The van der Waals surface area contributed by atoms with Crippen molar-refractivity contribution in [2.75, 3.05) is 0 Å². The molecule has 16 heavy (non-hydrogen) atoms. The van der Waals surface area contributed by atoms with E-state index in [4.69, 9.17) is 5.26 Å². The quantitative estimate of drug-likeness (QED) is 0.794. The Balaban J connectivity index is 2.66. The van der Waals surface area contributed by atoms with Crippen LogP contribution in [0.1, 0.15) is 11.3 Å². The zero-order valence-corrected chi connectivity index (χ0v) is 10.3. The van der Waals surface area contributed by atoms with Gasteiger partial charge in [0, 0.05) is 16.2 Å². The third-order valence-corrected chi connectivity index (χ3v) is 2.88. The average molecular weight is 273 g/mol. The summed E-state index contributed by atoms with van der Waals surface area (Å²) in [6.45, 7) is 1.85. The first-order valence-electron chi connectivity index (χ1n) is 4.84. The maximum Gasteiger partial charge on any atom is 0.102 e. The molecule has 78 valence electrons. The van der Waals surface area contributed by atoms with E-state index in [0.29, 0.717) is 5.56 Å². The summed E-state index contributed by atoms with van der Waals surface area (Å²) in [4.78, 5) is 4.12. The Morgan fingerprint density at radius 3 is 2.81 bits per heavy atom. The maximum absolute atomic E-state index is 9.13. The topological polar surface area (TPSA) is 36.7 Å². The molecule has 0 spiro atoms. The number of aromatic nitrogens is 1. The number of hydrogen-bond acceptors (Lipinski definition) is 2. The van der Waals surface area contributed by atoms with Gasteiger partial charge in [-0.25, -0.2) is 0 Å². The average Bonchev–Trinajstić information content (AvgIpc) is 2.28. The van der Waals surface area contributed by atoms with Crippen molar-refractivity contribution < 1.29 is 0 Å². The van der Waals surface area contributed by atoms with Crippen LogP contribution in [0.2, 0.25) is 0 Å². The molecule has 2 aromatic rings. The van der Waals surface area contributed by atoms with Crippen LogP contribution in [0.5, 0.6) is 0 Å². The third kappa shape index (κ3) is 1.98. The van der Waals surface area contributed by atoms with E-state index < -0.39 is 0 Å². The predicted octanol–water partition coefficient (Wildman–Crippen LogP) is 3.69. The molecular weight excluding hydrogens is 264 g/mol. The number of rotatable bonds is 1. The minimum Gasteiger partial charge on any atom is -0.260 e. The van der Waals surface area contributed by atoms with Crippen LogP contribution in [0.15, 0.2) is 41.0 Å². The van der Waals surface area contributed by atoms with E-state index in [1.54, 1.807) is 6.20 Å². The minimum atomic E-state index is 0.639. The molecule has 0 amide bonds. The van der Waals surface area contributed by atoms with Gasteiger partial charge in [-0.3, -0.25) is 4.98 Å². The molecule has 3 heteroatoms. The first-order valence-corrected chi connectivity index (χ1v) is 5.63. The first kappa shape index (κ1) is 10.8. The zero-order valence-electron chi connectivity index (χ0n) is 8.74. The summed E-state index contributed by atoms with van der Waals surface area (Å²) in [7, 11) is 0. The summed E-state index contributed by atoms with van der Waals surface area (Å²) in [5, 5.41) is 9.13. The molecule has 0 saturated heterocycles. The SMILES string of the molecule is Cc1nccc(-c2cccc(Br)c2)c1C#N. The van der Waals surface area contributed by atoms with E-state index in [0.717, 1.165) is 21.3 Å². The van der Waals surface area contributed by atoms with Crippen LogP contribution >= 0.6 is 15.9 Å². The Labute approximate surface area is 103 Å². The molecule has 0 unspecified atom stereocenters. The van der Waals surface area contributed by atoms with E-state index in [1.165, 1.54) is 0 Å². The Bertz CT molecular complexity index is 570. The predicted molar refractivity (Wildman–Crippen MR) is 66.8 cm³/mol. The van der Waals surface area contributed by atoms with Gasteiger partial charge < -0.3 is 0 Å². The van der Waals surface area contributed by atoms with Gasteiger partial charge in [0.05, 0.1) is 11.3 Å². The van der Waals surface area contributed by atoms with E-state index in [9.17, 15) is 0 Å². The molecule has 2 nitrogen and oxygen atoms in total. The number of nitriles is 1. The number of pyridine rings is 1. The van der Waals surface area contributed by atoms with Gasteiger partial charge in [-0.1, -0.05) is 28.1 Å². The van der Waals surface area contributed by atoms with Crippen molar-refractivity contribution in [3.63, 3.8) is 0 Å². The molecule has 0 bridgehead atoms. The van der Waals surface area contributed by atoms with Gasteiger partial charge in [0.25, 0.3) is 0 Å². The van der Waals surface area contributed by atoms with E-state index in [2.05, 4.69) is 27.0 Å². The molecule has 1 aromatic carbocycles. The lowest BCUT2D eigenvalue weighted by molar-refractivity contribution is 1.18. The van der Waals surface area contributed by atoms with Crippen LogP contribution in [0.25, 0.3) is 11.1 Å². The second-order valence-electron chi connectivity index (χ2n) is 3.44. The van der Waals surface area contributed by atoms with Crippen molar-refractivity contribution in [2.45, 2.75) is 6.92 Å². The van der Waals surface area contributed by atoms with Gasteiger partial charge >= 0.3 is 0 Å². The van der Waals surface area contributed by atoms with Crippen LogP contribution in [0, 0.1) is 18.3 Å². The Kier molecular flexibility index (Phi) is 3.02. The summed E-state index contributed by atoms with van der Waals surface area (Å²) in [5.74, 6) is 0. The van der Waals surface area contributed by atoms with Crippen molar-refractivity contribution in [1.82, 2.24) is 4.98 Å². The highest BCUT2D eigenvalue weighted by Crippen LogP contribution is 2.26. The lowest BCUT2D eigenvalue weighted by Gasteiger charge is -2.06. The maximum atomic E-state index is 9.13. The van der Waals surface area contributed by atoms with Crippen LogP contribution < -0.4 is 0 Å². The smallest absolute Gasteiger partial charge is 0.102 e. The summed E-state index contributed by atoms with van der Waals surface area (Å²) >= 11 is 3.43. The molecule has 0 fully saturated rings. The number of aryl methyl sites for hydroxylation is 1. The molecule has 0 aliphatic heterocycles. The van der Waals surface area contributed by atoms with Crippen LogP contribution in [0.4, 0.5) is 0 Å². The highest BCUT2D eigenvalue weighted by Gasteiger charge is 2.07. The summed E-state index contributed by atoms with van der Waals surface area (Å²) < 4.78 is 1.00. The minimum absolute atomic E-state index is 0.639. The Morgan fingerprint density at radius 1 is 1.31 bits per heavy atom. The molecule has 2 rings (SSSR count). The fraction of sp³-hybridized carbons (Fsp3) is 0.0769.